The normalized spacial score (nSPS) is 21.2. The Morgan fingerprint density at radius 1 is 0.812 bits per heavy atom. The molecule has 16 heavy (non-hydrogen) atoms. The summed E-state index contributed by atoms with van der Waals surface area (Å²) in [5.41, 5.74) is 0. The maximum Gasteiger partial charge on any atom is 0.183 e. The quantitative estimate of drug-likeness (QED) is 0.211. The fourth-order valence-electron chi connectivity index (χ4n) is 0.978. The highest BCUT2D eigenvalue weighted by atomic mass is 16.6. The molecule has 0 radical (unpaired) electrons. The molecule has 8 heteroatoms. The second-order valence-electron chi connectivity index (χ2n) is 3.21. The molecule has 0 aliphatic heterocycles. The summed E-state index contributed by atoms with van der Waals surface area (Å²) >= 11 is 0. The van der Waals surface area contributed by atoms with Crippen molar-refractivity contribution in [2.75, 3.05) is 19.8 Å². The van der Waals surface area contributed by atoms with Crippen LogP contribution < -0.4 is 0 Å². The van der Waals surface area contributed by atoms with E-state index in [2.05, 4.69) is 4.74 Å². The van der Waals surface area contributed by atoms with Crippen molar-refractivity contribution in [3.63, 3.8) is 0 Å². The van der Waals surface area contributed by atoms with Crippen LogP contribution in [0, 0.1) is 0 Å². The molecule has 0 amide bonds. The molecule has 98 valence electrons. The van der Waals surface area contributed by atoms with E-state index >= 15 is 0 Å². The predicted molar refractivity (Wildman–Crippen MR) is 50.2 cm³/mol. The molecular formula is C8H18O8. The fraction of sp³-hybridized carbons (Fsp3) is 1.00. The van der Waals surface area contributed by atoms with Gasteiger partial charge in [0.1, 0.15) is 24.4 Å². The van der Waals surface area contributed by atoms with Crippen molar-refractivity contribution in [2.24, 2.45) is 0 Å². The third-order valence-corrected chi connectivity index (χ3v) is 1.95. The second-order valence-corrected chi connectivity index (χ2v) is 3.21. The third kappa shape index (κ3) is 4.68. The number of ether oxygens (including phenoxy) is 1. The van der Waals surface area contributed by atoms with Crippen molar-refractivity contribution < 1.29 is 40.5 Å². The molecule has 0 fully saturated rings. The maximum absolute atomic E-state index is 9.28. The van der Waals surface area contributed by atoms with E-state index in [1.165, 1.54) is 0 Å². The van der Waals surface area contributed by atoms with Crippen LogP contribution in [0.4, 0.5) is 0 Å². The van der Waals surface area contributed by atoms with Gasteiger partial charge in [-0.15, -0.1) is 0 Å². The lowest BCUT2D eigenvalue weighted by Crippen LogP contribution is -2.50. The largest absolute Gasteiger partial charge is 0.394 e. The molecular weight excluding hydrogens is 224 g/mol. The smallest absolute Gasteiger partial charge is 0.183 e. The molecule has 0 bridgehead atoms. The van der Waals surface area contributed by atoms with Crippen LogP contribution in [-0.4, -0.2) is 86.3 Å². The SMILES string of the molecule is OCCOC(O)[C@H](O)[C@@H](O)[C@H](O)[C@H](O)CO. The molecule has 0 saturated carbocycles. The summed E-state index contributed by atoms with van der Waals surface area (Å²) in [5, 5.41) is 62.7. The summed E-state index contributed by atoms with van der Waals surface area (Å²) in [6.45, 7) is -1.45. The Morgan fingerprint density at radius 3 is 1.81 bits per heavy atom. The van der Waals surface area contributed by atoms with Gasteiger partial charge in [-0.1, -0.05) is 0 Å². The van der Waals surface area contributed by atoms with Crippen LogP contribution in [0.25, 0.3) is 0 Å². The van der Waals surface area contributed by atoms with Crippen molar-refractivity contribution in [1.29, 1.82) is 0 Å². The standard InChI is InChI=1S/C8H18O8/c9-1-2-16-8(15)7(14)6(13)5(12)4(11)3-10/h4-15H,1-3H2/t4-,5-,6+,7-,8?/m1/s1. The van der Waals surface area contributed by atoms with E-state index in [-0.39, 0.29) is 13.2 Å². The Morgan fingerprint density at radius 2 is 1.38 bits per heavy atom. The van der Waals surface area contributed by atoms with E-state index in [9.17, 15) is 15.3 Å². The van der Waals surface area contributed by atoms with Gasteiger partial charge in [0.15, 0.2) is 6.29 Å². The molecule has 0 aromatic heterocycles. The van der Waals surface area contributed by atoms with Crippen LogP contribution in [0.15, 0.2) is 0 Å². The zero-order chi connectivity index (χ0) is 12.7. The minimum atomic E-state index is -1.89. The molecule has 8 nitrogen and oxygen atoms in total. The number of hydrogen-bond acceptors (Lipinski definition) is 8. The van der Waals surface area contributed by atoms with E-state index in [4.69, 9.17) is 20.4 Å². The third-order valence-electron chi connectivity index (χ3n) is 1.95. The molecule has 0 aliphatic carbocycles. The summed E-state index contributed by atoms with van der Waals surface area (Å²) in [6.07, 6.45) is -9.05. The summed E-state index contributed by atoms with van der Waals surface area (Å²) in [7, 11) is 0. The predicted octanol–water partition coefficient (Wildman–Crippen LogP) is -4.25. The van der Waals surface area contributed by atoms with Gasteiger partial charge < -0.3 is 40.5 Å². The molecule has 0 aliphatic rings. The van der Waals surface area contributed by atoms with Gasteiger partial charge in [0.2, 0.25) is 0 Å². The van der Waals surface area contributed by atoms with Gasteiger partial charge in [-0.2, -0.15) is 0 Å². The van der Waals surface area contributed by atoms with Gasteiger partial charge in [0.25, 0.3) is 0 Å². The van der Waals surface area contributed by atoms with Crippen LogP contribution in [0.1, 0.15) is 0 Å². The highest BCUT2D eigenvalue weighted by molar-refractivity contribution is 4.81. The number of hydrogen-bond donors (Lipinski definition) is 7. The van der Waals surface area contributed by atoms with Gasteiger partial charge in [-0.3, -0.25) is 0 Å². The molecule has 5 atom stereocenters. The molecule has 7 N–H and O–H groups in total. The Labute approximate surface area is 92.0 Å². The minimum Gasteiger partial charge on any atom is -0.394 e. The molecule has 1 unspecified atom stereocenters. The summed E-state index contributed by atoms with van der Waals surface area (Å²) in [6, 6.07) is 0. The lowest BCUT2D eigenvalue weighted by Gasteiger charge is -2.28. The van der Waals surface area contributed by atoms with Crippen molar-refractivity contribution in [2.45, 2.75) is 30.7 Å². The Kier molecular flexibility index (Phi) is 7.72. The summed E-state index contributed by atoms with van der Waals surface area (Å²) in [5.74, 6) is 0. The Bertz CT molecular complexity index is 177. The zero-order valence-corrected chi connectivity index (χ0v) is 8.55. The van der Waals surface area contributed by atoms with Gasteiger partial charge in [-0.05, 0) is 0 Å². The zero-order valence-electron chi connectivity index (χ0n) is 8.55. The van der Waals surface area contributed by atoms with E-state index in [0.29, 0.717) is 0 Å². The van der Waals surface area contributed by atoms with Crippen molar-refractivity contribution in [3.8, 4) is 0 Å². The fourth-order valence-corrected chi connectivity index (χ4v) is 0.978. The Balaban J connectivity index is 4.19. The average molecular weight is 242 g/mol. The second kappa shape index (κ2) is 7.87. The Hall–Kier alpha value is -0.320. The van der Waals surface area contributed by atoms with Gasteiger partial charge in [-0.25, -0.2) is 0 Å². The van der Waals surface area contributed by atoms with E-state index < -0.39 is 37.3 Å². The minimum absolute atomic E-state index is 0.260. The number of aliphatic hydroxyl groups is 7. The molecule has 0 spiro atoms. The van der Waals surface area contributed by atoms with Crippen LogP contribution >= 0.6 is 0 Å². The number of aliphatic hydroxyl groups excluding tert-OH is 7. The van der Waals surface area contributed by atoms with Gasteiger partial charge in [0.05, 0.1) is 19.8 Å². The molecule has 0 aromatic carbocycles. The summed E-state index contributed by atoms with van der Waals surface area (Å²) in [4.78, 5) is 0. The highest BCUT2D eigenvalue weighted by Gasteiger charge is 2.34. The van der Waals surface area contributed by atoms with Crippen molar-refractivity contribution in [3.05, 3.63) is 0 Å². The van der Waals surface area contributed by atoms with Crippen molar-refractivity contribution >= 4 is 0 Å². The molecule has 0 saturated heterocycles. The van der Waals surface area contributed by atoms with Gasteiger partial charge in [0, 0.05) is 0 Å². The molecule has 0 heterocycles. The average Bonchev–Trinajstić information content (AvgIpc) is 2.31. The monoisotopic (exact) mass is 242 g/mol. The van der Waals surface area contributed by atoms with Gasteiger partial charge >= 0.3 is 0 Å². The number of rotatable bonds is 8. The molecule has 0 aromatic rings. The van der Waals surface area contributed by atoms with Crippen LogP contribution in [0.3, 0.4) is 0 Å². The lowest BCUT2D eigenvalue weighted by atomic mass is 10.0. The first-order valence-corrected chi connectivity index (χ1v) is 4.69. The lowest BCUT2D eigenvalue weighted by molar-refractivity contribution is -0.213. The van der Waals surface area contributed by atoms with Crippen LogP contribution in [0.2, 0.25) is 0 Å². The van der Waals surface area contributed by atoms with E-state index in [1.54, 1.807) is 0 Å². The van der Waals surface area contributed by atoms with E-state index in [1.807, 2.05) is 0 Å². The highest BCUT2D eigenvalue weighted by Crippen LogP contribution is 2.09. The first-order chi connectivity index (χ1) is 7.45. The summed E-state index contributed by atoms with van der Waals surface area (Å²) < 4.78 is 4.48. The maximum atomic E-state index is 9.28. The van der Waals surface area contributed by atoms with Crippen LogP contribution in [0.5, 0.6) is 0 Å². The van der Waals surface area contributed by atoms with Crippen molar-refractivity contribution in [1.82, 2.24) is 0 Å². The van der Waals surface area contributed by atoms with E-state index in [0.717, 1.165) is 0 Å². The molecule has 0 rings (SSSR count). The first kappa shape index (κ1) is 15.7. The topological polar surface area (TPSA) is 151 Å². The first-order valence-electron chi connectivity index (χ1n) is 4.69. The van der Waals surface area contributed by atoms with Crippen LogP contribution in [-0.2, 0) is 4.74 Å².